The monoisotopic (exact) mass is 389 g/mol. The molecule has 146 valence electrons. The molecule has 0 saturated heterocycles. The maximum Gasteiger partial charge on any atom is 0.238 e. The van der Waals surface area contributed by atoms with Gasteiger partial charge in [-0.3, -0.25) is 9.69 Å². The number of hydrogen-bond acceptors (Lipinski definition) is 4. The molecule has 1 amide bonds. The fourth-order valence-electron chi connectivity index (χ4n) is 2.93. The Morgan fingerprint density at radius 2 is 1.78 bits per heavy atom. The van der Waals surface area contributed by atoms with Gasteiger partial charge in [0.2, 0.25) is 15.9 Å². The number of nitrogens with one attached hydrogen (secondary N) is 1. The molecule has 0 bridgehead atoms. The average Bonchev–Trinajstić information content (AvgIpc) is 2.56. The molecular formula is C20H27N3O3S. The lowest BCUT2D eigenvalue weighted by molar-refractivity contribution is -0.122. The maximum atomic E-state index is 12.3. The van der Waals surface area contributed by atoms with Gasteiger partial charge in [0.05, 0.1) is 17.5 Å². The van der Waals surface area contributed by atoms with E-state index in [-0.39, 0.29) is 23.4 Å². The number of primary sulfonamides is 1. The molecule has 7 heteroatoms. The number of carbonyl (C=O) groups excluding carboxylic acids is 1. The van der Waals surface area contributed by atoms with Crippen molar-refractivity contribution in [3.05, 3.63) is 64.7 Å². The summed E-state index contributed by atoms with van der Waals surface area (Å²) in [6.07, 6.45) is 0. The number of aryl methyl sites for hydroxylation is 2. The summed E-state index contributed by atoms with van der Waals surface area (Å²) in [7, 11) is -1.81. The minimum absolute atomic E-state index is 0.0537. The second kappa shape index (κ2) is 8.65. The first-order valence-electron chi connectivity index (χ1n) is 8.73. The molecule has 0 aliphatic carbocycles. The molecule has 0 fully saturated rings. The van der Waals surface area contributed by atoms with Gasteiger partial charge < -0.3 is 5.32 Å². The van der Waals surface area contributed by atoms with Gasteiger partial charge in [-0.05, 0) is 56.6 Å². The largest absolute Gasteiger partial charge is 0.348 e. The number of nitrogens with zero attached hydrogens (tertiary/aromatic N) is 1. The second-order valence-corrected chi connectivity index (χ2v) is 8.57. The topological polar surface area (TPSA) is 92.5 Å². The number of benzene rings is 2. The quantitative estimate of drug-likeness (QED) is 0.760. The van der Waals surface area contributed by atoms with E-state index in [9.17, 15) is 13.2 Å². The Hall–Kier alpha value is -2.22. The van der Waals surface area contributed by atoms with E-state index in [0.717, 1.165) is 5.56 Å². The standard InChI is InChI=1S/C20H27N3O3S/c1-14-5-6-18(15(2)11-14)12-23(4)13-20(24)22-16(3)17-7-9-19(10-8-17)27(21,25)26/h5-11,16H,12-13H2,1-4H3,(H,22,24)(H2,21,25,26)/t16-/m0/s1. The Balaban J connectivity index is 1.92. The van der Waals surface area contributed by atoms with Crippen LogP contribution in [0.5, 0.6) is 0 Å². The normalized spacial score (nSPS) is 12.8. The Labute approximate surface area is 161 Å². The predicted molar refractivity (Wildman–Crippen MR) is 107 cm³/mol. The highest BCUT2D eigenvalue weighted by atomic mass is 32.2. The zero-order valence-corrected chi connectivity index (χ0v) is 17.0. The second-order valence-electron chi connectivity index (χ2n) is 7.01. The third-order valence-electron chi connectivity index (χ3n) is 4.44. The number of nitrogens with two attached hydrogens (primary N) is 1. The fourth-order valence-corrected chi connectivity index (χ4v) is 3.45. The number of likely N-dealkylation sites (N-methyl/N-ethyl adjacent to an activating group) is 1. The highest BCUT2D eigenvalue weighted by Crippen LogP contribution is 2.16. The molecular weight excluding hydrogens is 362 g/mol. The molecule has 2 rings (SSSR count). The summed E-state index contributed by atoms with van der Waals surface area (Å²) in [5.41, 5.74) is 4.44. The molecule has 27 heavy (non-hydrogen) atoms. The van der Waals surface area contributed by atoms with E-state index in [0.29, 0.717) is 6.54 Å². The lowest BCUT2D eigenvalue weighted by atomic mass is 10.1. The Kier molecular flexibility index (Phi) is 6.75. The number of rotatable bonds is 7. The van der Waals surface area contributed by atoms with E-state index >= 15 is 0 Å². The average molecular weight is 390 g/mol. The van der Waals surface area contributed by atoms with Crippen molar-refractivity contribution in [2.24, 2.45) is 5.14 Å². The highest BCUT2D eigenvalue weighted by molar-refractivity contribution is 7.89. The van der Waals surface area contributed by atoms with Crippen LogP contribution in [0.15, 0.2) is 47.4 Å². The van der Waals surface area contributed by atoms with Crippen molar-refractivity contribution in [2.75, 3.05) is 13.6 Å². The summed E-state index contributed by atoms with van der Waals surface area (Å²) < 4.78 is 22.6. The van der Waals surface area contributed by atoms with Gasteiger partial charge in [-0.15, -0.1) is 0 Å². The number of sulfonamides is 1. The van der Waals surface area contributed by atoms with Crippen LogP contribution in [-0.2, 0) is 21.4 Å². The van der Waals surface area contributed by atoms with Gasteiger partial charge in [-0.2, -0.15) is 0 Å². The van der Waals surface area contributed by atoms with Crippen LogP contribution < -0.4 is 10.5 Å². The Morgan fingerprint density at radius 1 is 1.15 bits per heavy atom. The van der Waals surface area contributed by atoms with Gasteiger partial charge in [0.15, 0.2) is 0 Å². The van der Waals surface area contributed by atoms with Crippen molar-refractivity contribution >= 4 is 15.9 Å². The number of amides is 1. The number of carbonyl (C=O) groups is 1. The van der Waals surface area contributed by atoms with Crippen LogP contribution in [0.2, 0.25) is 0 Å². The van der Waals surface area contributed by atoms with Crippen molar-refractivity contribution in [1.82, 2.24) is 10.2 Å². The van der Waals surface area contributed by atoms with Gasteiger partial charge in [-0.25, -0.2) is 13.6 Å². The minimum Gasteiger partial charge on any atom is -0.348 e. The van der Waals surface area contributed by atoms with Gasteiger partial charge in [0, 0.05) is 6.54 Å². The van der Waals surface area contributed by atoms with Crippen LogP contribution in [0.3, 0.4) is 0 Å². The smallest absolute Gasteiger partial charge is 0.238 e. The van der Waals surface area contributed by atoms with E-state index in [1.165, 1.54) is 28.8 Å². The van der Waals surface area contributed by atoms with E-state index in [1.807, 2.05) is 18.9 Å². The molecule has 0 radical (unpaired) electrons. The molecule has 0 spiro atoms. The molecule has 3 N–H and O–H groups in total. The van der Waals surface area contributed by atoms with Crippen molar-refractivity contribution in [3.63, 3.8) is 0 Å². The highest BCUT2D eigenvalue weighted by Gasteiger charge is 2.14. The molecule has 0 aliphatic rings. The van der Waals surface area contributed by atoms with E-state index in [2.05, 4.69) is 37.4 Å². The molecule has 0 aliphatic heterocycles. The Bertz CT molecular complexity index is 909. The van der Waals surface area contributed by atoms with Crippen LogP contribution in [-0.4, -0.2) is 32.8 Å². The van der Waals surface area contributed by atoms with Gasteiger partial charge >= 0.3 is 0 Å². The fraction of sp³-hybridized carbons (Fsp3) is 0.350. The van der Waals surface area contributed by atoms with Crippen LogP contribution in [0, 0.1) is 13.8 Å². The lowest BCUT2D eigenvalue weighted by Gasteiger charge is -2.20. The zero-order chi connectivity index (χ0) is 20.2. The molecule has 0 unspecified atom stereocenters. The van der Waals surface area contributed by atoms with Crippen LogP contribution in [0.25, 0.3) is 0 Å². The minimum atomic E-state index is -3.71. The molecule has 1 atom stereocenters. The summed E-state index contributed by atoms with van der Waals surface area (Å²) in [5.74, 6) is -0.0923. The maximum absolute atomic E-state index is 12.3. The SMILES string of the molecule is Cc1ccc(CN(C)CC(=O)N[C@@H](C)c2ccc(S(N)(=O)=O)cc2)c(C)c1. The summed E-state index contributed by atoms with van der Waals surface area (Å²) in [4.78, 5) is 14.3. The molecule has 2 aromatic rings. The van der Waals surface area contributed by atoms with Crippen LogP contribution in [0.4, 0.5) is 0 Å². The predicted octanol–water partition coefficient (Wildman–Crippen LogP) is 2.26. The van der Waals surface area contributed by atoms with Gasteiger partial charge in [-0.1, -0.05) is 35.9 Å². The van der Waals surface area contributed by atoms with E-state index < -0.39 is 10.0 Å². The lowest BCUT2D eigenvalue weighted by Crippen LogP contribution is -2.36. The molecule has 6 nitrogen and oxygen atoms in total. The third kappa shape index (κ3) is 6.16. The first-order valence-corrected chi connectivity index (χ1v) is 10.3. The molecule has 2 aromatic carbocycles. The number of hydrogen-bond donors (Lipinski definition) is 2. The summed E-state index contributed by atoms with van der Waals surface area (Å²) in [5, 5.41) is 8.03. The molecule has 0 aromatic heterocycles. The zero-order valence-electron chi connectivity index (χ0n) is 16.2. The first kappa shape index (κ1) is 21.1. The summed E-state index contributed by atoms with van der Waals surface area (Å²) in [6.45, 7) is 6.95. The van der Waals surface area contributed by atoms with Crippen LogP contribution >= 0.6 is 0 Å². The Morgan fingerprint density at radius 3 is 2.33 bits per heavy atom. The van der Waals surface area contributed by atoms with Crippen LogP contribution in [0.1, 0.15) is 35.2 Å². The van der Waals surface area contributed by atoms with Crippen molar-refractivity contribution < 1.29 is 13.2 Å². The molecule has 0 heterocycles. The molecule has 0 saturated carbocycles. The van der Waals surface area contributed by atoms with Crippen molar-refractivity contribution in [2.45, 2.75) is 38.3 Å². The van der Waals surface area contributed by atoms with Crippen molar-refractivity contribution in [1.29, 1.82) is 0 Å². The van der Waals surface area contributed by atoms with E-state index in [1.54, 1.807) is 12.1 Å². The third-order valence-corrected chi connectivity index (χ3v) is 5.37. The summed E-state index contributed by atoms with van der Waals surface area (Å²) in [6, 6.07) is 12.3. The van der Waals surface area contributed by atoms with Crippen molar-refractivity contribution in [3.8, 4) is 0 Å². The van der Waals surface area contributed by atoms with Gasteiger partial charge in [0.1, 0.15) is 0 Å². The van der Waals surface area contributed by atoms with E-state index in [4.69, 9.17) is 5.14 Å². The first-order chi connectivity index (χ1) is 12.6. The van der Waals surface area contributed by atoms with Gasteiger partial charge in [0.25, 0.3) is 0 Å². The summed E-state index contributed by atoms with van der Waals surface area (Å²) >= 11 is 0.